The highest BCUT2D eigenvalue weighted by molar-refractivity contribution is 7.92. The Balaban J connectivity index is 1.33. The molecule has 0 saturated heterocycles. The van der Waals surface area contributed by atoms with Gasteiger partial charge in [-0.1, -0.05) is 57.5 Å². The van der Waals surface area contributed by atoms with Crippen LogP contribution in [-0.2, 0) is 9.84 Å². The summed E-state index contributed by atoms with van der Waals surface area (Å²) in [7, 11) is -3.51. The fourth-order valence-electron chi connectivity index (χ4n) is 9.84. The van der Waals surface area contributed by atoms with Gasteiger partial charge in [0.05, 0.1) is 21.9 Å². The molecule has 3 fully saturated rings. The summed E-state index contributed by atoms with van der Waals surface area (Å²) in [5.74, 6) is 3.68. The fourth-order valence-corrected chi connectivity index (χ4v) is 11.8. The molecular formula is C34H52O4S. The Labute approximate surface area is 237 Å². The zero-order valence-electron chi connectivity index (χ0n) is 24.7. The number of hydrogen-bond donors (Lipinski definition) is 2. The molecule has 5 heteroatoms. The predicted molar refractivity (Wildman–Crippen MR) is 158 cm³/mol. The maximum atomic E-state index is 13.8. The fraction of sp³-hybridized carbons (Fsp3) is 0.765. The third-order valence-electron chi connectivity index (χ3n) is 12.2. The normalized spacial score (nSPS) is 38.6. The van der Waals surface area contributed by atoms with Crippen LogP contribution in [0.25, 0.3) is 0 Å². The molecule has 5 rings (SSSR count). The van der Waals surface area contributed by atoms with Gasteiger partial charge in [-0.2, -0.15) is 0 Å². The average Bonchev–Trinajstić information content (AvgIpc) is 3.30. The molecule has 3 saturated carbocycles. The van der Waals surface area contributed by atoms with Crippen molar-refractivity contribution in [1.29, 1.82) is 0 Å². The summed E-state index contributed by atoms with van der Waals surface area (Å²) in [5, 5.41) is 21.0. The molecule has 0 radical (unpaired) electrons. The van der Waals surface area contributed by atoms with Gasteiger partial charge in [0.1, 0.15) is 0 Å². The summed E-state index contributed by atoms with van der Waals surface area (Å²) in [6, 6.07) is 8.86. The van der Waals surface area contributed by atoms with Crippen LogP contribution in [0.2, 0.25) is 0 Å². The lowest BCUT2D eigenvalue weighted by molar-refractivity contribution is -0.0460. The maximum Gasteiger partial charge on any atom is 0.181 e. The van der Waals surface area contributed by atoms with E-state index in [4.69, 9.17) is 0 Å². The molecule has 0 spiro atoms. The van der Waals surface area contributed by atoms with Gasteiger partial charge in [0.25, 0.3) is 0 Å². The van der Waals surface area contributed by atoms with Crippen LogP contribution in [0.3, 0.4) is 0 Å². The second kappa shape index (κ2) is 11.2. The monoisotopic (exact) mass is 556 g/mol. The van der Waals surface area contributed by atoms with Crippen molar-refractivity contribution in [2.45, 2.75) is 127 Å². The Morgan fingerprint density at radius 1 is 1.00 bits per heavy atom. The van der Waals surface area contributed by atoms with Gasteiger partial charge >= 0.3 is 0 Å². The topological polar surface area (TPSA) is 74.6 Å². The molecular weight excluding hydrogens is 504 g/mol. The van der Waals surface area contributed by atoms with Crippen molar-refractivity contribution in [3.8, 4) is 0 Å². The van der Waals surface area contributed by atoms with Crippen LogP contribution >= 0.6 is 0 Å². The molecule has 0 heterocycles. The van der Waals surface area contributed by atoms with Crippen LogP contribution in [0.5, 0.6) is 0 Å². The lowest BCUT2D eigenvalue weighted by Gasteiger charge is -2.55. The van der Waals surface area contributed by atoms with E-state index in [0.717, 1.165) is 43.9 Å². The van der Waals surface area contributed by atoms with Crippen LogP contribution < -0.4 is 0 Å². The summed E-state index contributed by atoms with van der Waals surface area (Å²) in [6.45, 7) is 8.87. The zero-order chi connectivity index (χ0) is 28.0. The molecule has 0 bridgehead atoms. The Morgan fingerprint density at radius 2 is 1.74 bits per heavy atom. The van der Waals surface area contributed by atoms with Crippen molar-refractivity contribution < 1.29 is 18.6 Å². The van der Waals surface area contributed by atoms with E-state index in [1.54, 1.807) is 29.8 Å². The van der Waals surface area contributed by atoms with Crippen LogP contribution in [0.15, 0.2) is 46.9 Å². The van der Waals surface area contributed by atoms with Crippen LogP contribution in [0, 0.1) is 40.9 Å². The van der Waals surface area contributed by atoms with Crippen molar-refractivity contribution >= 4 is 9.84 Å². The number of aliphatic hydroxyl groups is 2. The minimum absolute atomic E-state index is 0.259. The van der Waals surface area contributed by atoms with Gasteiger partial charge in [0.2, 0.25) is 0 Å². The first-order valence-corrected chi connectivity index (χ1v) is 17.5. The smallest absolute Gasteiger partial charge is 0.181 e. The molecule has 1 aromatic carbocycles. The van der Waals surface area contributed by atoms with Gasteiger partial charge in [-0.25, -0.2) is 8.42 Å². The van der Waals surface area contributed by atoms with Crippen molar-refractivity contribution in [1.82, 2.24) is 0 Å². The van der Waals surface area contributed by atoms with E-state index < -0.39 is 26.8 Å². The highest BCUT2D eigenvalue weighted by atomic mass is 32.2. The Kier molecular flexibility index (Phi) is 8.46. The summed E-state index contributed by atoms with van der Waals surface area (Å²) in [6.07, 6.45) is 13.4. The van der Waals surface area contributed by atoms with E-state index in [2.05, 4.69) is 26.8 Å². The minimum atomic E-state index is -3.51. The first-order valence-electron chi connectivity index (χ1n) is 15.9. The molecule has 1 aromatic rings. The highest BCUT2D eigenvalue weighted by Crippen LogP contribution is 2.65. The van der Waals surface area contributed by atoms with E-state index in [1.165, 1.54) is 25.7 Å². The van der Waals surface area contributed by atoms with Gasteiger partial charge in [-0.05, 0) is 130 Å². The van der Waals surface area contributed by atoms with E-state index in [9.17, 15) is 18.6 Å². The first-order chi connectivity index (χ1) is 18.5. The van der Waals surface area contributed by atoms with Crippen LogP contribution in [0.4, 0.5) is 0 Å². The second-order valence-corrected chi connectivity index (χ2v) is 16.3. The summed E-state index contributed by atoms with van der Waals surface area (Å²) < 4.78 is 27.5. The number of aliphatic hydroxyl groups excluding tert-OH is 1. The number of hydrogen-bond acceptors (Lipinski definition) is 4. The van der Waals surface area contributed by atoms with Crippen molar-refractivity contribution in [3.05, 3.63) is 42.0 Å². The lowest BCUT2D eigenvalue weighted by atomic mass is 9.50. The van der Waals surface area contributed by atoms with Gasteiger partial charge in [-0.15, -0.1) is 0 Å². The van der Waals surface area contributed by atoms with Gasteiger partial charge in [0, 0.05) is 0 Å². The highest BCUT2D eigenvalue weighted by Gasteiger charge is 2.57. The largest absolute Gasteiger partial charge is 0.393 e. The molecule has 0 aliphatic heterocycles. The Hall–Kier alpha value is -1.17. The third kappa shape index (κ3) is 5.42. The molecule has 4 aliphatic carbocycles. The van der Waals surface area contributed by atoms with Crippen LogP contribution in [-0.4, -0.2) is 35.6 Å². The SMILES string of the molecule is CC[C@@H](O)CC(C[C@@H](C)[C@H]1CCC2[C@@H]3CC=C4C[C@](O)(CC)CC[C@@H]4[C@H]3CC[C@@]21C)S(=O)(=O)c1ccccc1. The number of sulfone groups is 1. The van der Waals surface area contributed by atoms with Gasteiger partial charge in [0.15, 0.2) is 9.84 Å². The standard InChI is InChI=1S/C34H52O4S/c1-5-25(35)21-27(39(37,38)26-10-8-7-9-11-26)20-23(3)31-14-15-32-30-13-12-24-22-34(36,6-2)19-17-28(24)29(30)16-18-33(31,32)4/h7-12,23,25,27-32,35-36H,5-6,13-22H2,1-4H3/t23-,25-,27?,28+,29-,30-,31-,32?,33-,34+/m1/s1. The van der Waals surface area contributed by atoms with Gasteiger partial charge < -0.3 is 10.2 Å². The number of benzene rings is 1. The van der Waals surface area contributed by atoms with Crippen molar-refractivity contribution in [2.24, 2.45) is 40.9 Å². The molecule has 0 amide bonds. The van der Waals surface area contributed by atoms with Gasteiger partial charge in [-0.3, -0.25) is 0 Å². The molecule has 2 unspecified atom stereocenters. The zero-order valence-corrected chi connectivity index (χ0v) is 25.5. The summed E-state index contributed by atoms with van der Waals surface area (Å²) in [5.41, 5.74) is 1.31. The summed E-state index contributed by atoms with van der Waals surface area (Å²) in [4.78, 5) is 0.383. The molecule has 4 aliphatic rings. The van der Waals surface area contributed by atoms with Crippen LogP contribution in [0.1, 0.15) is 105 Å². The molecule has 0 aromatic heterocycles. The number of rotatable bonds is 9. The average molecular weight is 557 g/mol. The minimum Gasteiger partial charge on any atom is -0.393 e. The number of fused-ring (bicyclic) bond motifs is 5. The quantitative estimate of drug-likeness (QED) is 0.312. The molecule has 4 nitrogen and oxygen atoms in total. The third-order valence-corrected chi connectivity index (χ3v) is 14.4. The Morgan fingerprint density at radius 3 is 2.44 bits per heavy atom. The van der Waals surface area contributed by atoms with E-state index in [1.807, 2.05) is 13.0 Å². The Bertz CT molecular complexity index is 1130. The molecule has 2 N–H and O–H groups in total. The van der Waals surface area contributed by atoms with Crippen molar-refractivity contribution in [2.75, 3.05) is 0 Å². The lowest BCUT2D eigenvalue weighted by Crippen LogP contribution is -2.48. The predicted octanol–water partition coefficient (Wildman–Crippen LogP) is 7.35. The maximum absolute atomic E-state index is 13.8. The second-order valence-electron chi connectivity index (χ2n) is 14.1. The molecule has 218 valence electrons. The molecule has 39 heavy (non-hydrogen) atoms. The van der Waals surface area contributed by atoms with E-state index in [0.29, 0.717) is 47.8 Å². The summed E-state index contributed by atoms with van der Waals surface area (Å²) >= 11 is 0. The van der Waals surface area contributed by atoms with E-state index in [-0.39, 0.29) is 5.41 Å². The first kappa shape index (κ1) is 29.3. The molecule has 10 atom stereocenters. The number of allylic oxidation sites excluding steroid dienone is 1. The van der Waals surface area contributed by atoms with Crippen molar-refractivity contribution in [3.63, 3.8) is 0 Å². The van der Waals surface area contributed by atoms with E-state index >= 15 is 0 Å².